The number of carbonyl (C=O) groups excluding carboxylic acids is 1. The van der Waals surface area contributed by atoms with Gasteiger partial charge in [0.1, 0.15) is 5.75 Å². The maximum atomic E-state index is 12.5. The molecule has 1 aliphatic carbocycles. The summed E-state index contributed by atoms with van der Waals surface area (Å²) < 4.78 is 37.4. The third-order valence-corrected chi connectivity index (χ3v) is 3.99. The van der Waals surface area contributed by atoms with Gasteiger partial charge in [-0.3, -0.25) is 4.79 Å². The Morgan fingerprint density at radius 2 is 1.95 bits per heavy atom. The van der Waals surface area contributed by atoms with E-state index in [0.29, 0.717) is 5.56 Å². The van der Waals surface area contributed by atoms with Crippen molar-refractivity contribution < 1.29 is 23.1 Å². The Morgan fingerprint density at radius 1 is 1.27 bits per heavy atom. The van der Waals surface area contributed by atoms with Crippen LogP contribution in [0.4, 0.5) is 13.2 Å². The molecule has 22 heavy (non-hydrogen) atoms. The number of rotatable bonds is 5. The number of amides is 1. The molecule has 0 aliphatic heterocycles. The molecule has 3 nitrogen and oxygen atoms in total. The van der Waals surface area contributed by atoms with Crippen LogP contribution in [0.25, 0.3) is 0 Å². The Labute approximate surface area is 127 Å². The Balaban J connectivity index is 2.04. The van der Waals surface area contributed by atoms with E-state index in [1.807, 2.05) is 0 Å². The molecule has 122 valence electrons. The van der Waals surface area contributed by atoms with Gasteiger partial charge in [-0.05, 0) is 30.5 Å². The Morgan fingerprint density at radius 3 is 2.55 bits per heavy atom. The molecule has 0 unspecified atom stereocenters. The van der Waals surface area contributed by atoms with E-state index in [2.05, 4.69) is 0 Å². The molecule has 6 heteroatoms. The zero-order valence-electron chi connectivity index (χ0n) is 12.3. The molecule has 1 aromatic carbocycles. The van der Waals surface area contributed by atoms with E-state index in [0.717, 1.165) is 25.7 Å². The first-order chi connectivity index (χ1) is 10.3. The van der Waals surface area contributed by atoms with Gasteiger partial charge in [-0.2, -0.15) is 13.2 Å². The minimum atomic E-state index is -4.26. The number of carbonyl (C=O) groups is 1. The minimum absolute atomic E-state index is 0.0166. The van der Waals surface area contributed by atoms with Crippen LogP contribution in [0.5, 0.6) is 5.75 Å². The van der Waals surface area contributed by atoms with Gasteiger partial charge in [-0.25, -0.2) is 0 Å². The first-order valence-electron chi connectivity index (χ1n) is 7.49. The molecule has 1 aromatic rings. The highest BCUT2D eigenvalue weighted by Crippen LogP contribution is 2.27. The van der Waals surface area contributed by atoms with Gasteiger partial charge < -0.3 is 10.0 Å². The van der Waals surface area contributed by atoms with Crippen LogP contribution in [0.3, 0.4) is 0 Å². The van der Waals surface area contributed by atoms with Crippen molar-refractivity contribution in [2.24, 2.45) is 0 Å². The van der Waals surface area contributed by atoms with E-state index in [4.69, 9.17) is 0 Å². The minimum Gasteiger partial charge on any atom is -0.508 e. The third kappa shape index (κ3) is 4.93. The summed E-state index contributed by atoms with van der Waals surface area (Å²) in [5, 5.41) is 9.41. The molecular weight excluding hydrogens is 295 g/mol. The molecule has 1 amide bonds. The summed E-state index contributed by atoms with van der Waals surface area (Å²) in [5.74, 6) is -0.255. The molecule has 2 rings (SSSR count). The van der Waals surface area contributed by atoms with Crippen molar-refractivity contribution in [3.8, 4) is 5.75 Å². The van der Waals surface area contributed by atoms with Crippen LogP contribution < -0.4 is 0 Å². The molecule has 0 spiro atoms. The first-order valence-corrected chi connectivity index (χ1v) is 7.49. The quantitative estimate of drug-likeness (QED) is 0.901. The lowest BCUT2D eigenvalue weighted by molar-refractivity contribution is -0.147. The third-order valence-electron chi connectivity index (χ3n) is 3.99. The summed E-state index contributed by atoms with van der Waals surface area (Å²) in [6, 6.07) is 6.18. The molecule has 1 aliphatic rings. The average molecular weight is 315 g/mol. The largest absolute Gasteiger partial charge is 0.508 e. The van der Waals surface area contributed by atoms with Crippen LogP contribution in [0, 0.1) is 0 Å². The van der Waals surface area contributed by atoms with Crippen LogP contribution in [0.15, 0.2) is 24.3 Å². The fraction of sp³-hybridized carbons (Fsp3) is 0.562. The van der Waals surface area contributed by atoms with Crippen LogP contribution in [0.1, 0.15) is 37.7 Å². The number of phenols is 1. The number of aromatic hydroxyl groups is 1. The molecule has 0 aromatic heterocycles. The van der Waals surface area contributed by atoms with Crippen molar-refractivity contribution in [1.82, 2.24) is 4.90 Å². The zero-order valence-corrected chi connectivity index (χ0v) is 12.3. The van der Waals surface area contributed by atoms with Gasteiger partial charge in [-0.1, -0.05) is 25.0 Å². The summed E-state index contributed by atoms with van der Waals surface area (Å²) in [7, 11) is 0. The highest BCUT2D eigenvalue weighted by molar-refractivity contribution is 5.79. The number of phenolic OH excluding ortho intramolecular Hbond substituents is 1. The zero-order chi connectivity index (χ0) is 16.2. The molecule has 1 fully saturated rings. The molecule has 0 atom stereocenters. The van der Waals surface area contributed by atoms with Gasteiger partial charge in [0, 0.05) is 12.6 Å². The number of halogens is 3. The SMILES string of the molecule is O=C(Cc1cccc(O)c1)N(CCC(F)(F)F)C1CCCC1. The lowest BCUT2D eigenvalue weighted by Crippen LogP contribution is -2.41. The van der Waals surface area contributed by atoms with Gasteiger partial charge in [0.15, 0.2) is 0 Å². The number of benzene rings is 1. The highest BCUT2D eigenvalue weighted by Gasteiger charge is 2.32. The topological polar surface area (TPSA) is 40.5 Å². The van der Waals surface area contributed by atoms with Crippen molar-refractivity contribution in [2.75, 3.05) is 6.54 Å². The van der Waals surface area contributed by atoms with E-state index >= 15 is 0 Å². The van der Waals surface area contributed by atoms with Gasteiger partial charge in [0.25, 0.3) is 0 Å². The predicted octanol–water partition coefficient (Wildman–Crippen LogP) is 3.66. The van der Waals surface area contributed by atoms with E-state index in [-0.39, 0.29) is 30.7 Å². The second kappa shape index (κ2) is 7.03. The Hall–Kier alpha value is -1.72. The van der Waals surface area contributed by atoms with Gasteiger partial charge in [0.05, 0.1) is 12.8 Å². The molecule has 0 radical (unpaired) electrons. The number of hydrogen-bond acceptors (Lipinski definition) is 2. The molecule has 0 heterocycles. The summed E-state index contributed by atoms with van der Waals surface area (Å²) in [4.78, 5) is 13.8. The van der Waals surface area contributed by atoms with Crippen LogP contribution in [-0.4, -0.2) is 34.7 Å². The van der Waals surface area contributed by atoms with Crippen LogP contribution >= 0.6 is 0 Å². The maximum absolute atomic E-state index is 12.5. The smallest absolute Gasteiger partial charge is 0.390 e. The fourth-order valence-corrected chi connectivity index (χ4v) is 2.92. The summed E-state index contributed by atoms with van der Waals surface area (Å²) >= 11 is 0. The summed E-state index contributed by atoms with van der Waals surface area (Å²) in [6.07, 6.45) is -1.79. The average Bonchev–Trinajstić information content (AvgIpc) is 2.91. The van der Waals surface area contributed by atoms with Gasteiger partial charge >= 0.3 is 6.18 Å². The van der Waals surface area contributed by atoms with Crippen molar-refractivity contribution >= 4 is 5.91 Å². The van der Waals surface area contributed by atoms with Gasteiger partial charge in [0.2, 0.25) is 5.91 Å². The fourth-order valence-electron chi connectivity index (χ4n) is 2.92. The van der Waals surface area contributed by atoms with E-state index in [1.54, 1.807) is 12.1 Å². The maximum Gasteiger partial charge on any atom is 0.390 e. The standard InChI is InChI=1S/C16H20F3NO2/c17-16(18,19)8-9-20(13-5-1-2-6-13)15(22)11-12-4-3-7-14(21)10-12/h3-4,7,10,13,21H,1-2,5-6,8-9,11H2. The molecule has 0 saturated heterocycles. The molecule has 1 N–H and O–H groups in total. The predicted molar refractivity (Wildman–Crippen MR) is 76.5 cm³/mol. The molecular formula is C16H20F3NO2. The van der Waals surface area contributed by atoms with E-state index in [9.17, 15) is 23.1 Å². The normalized spacial score (nSPS) is 16.0. The second-order valence-corrected chi connectivity index (χ2v) is 5.74. The van der Waals surface area contributed by atoms with Crippen molar-refractivity contribution in [3.63, 3.8) is 0 Å². The second-order valence-electron chi connectivity index (χ2n) is 5.74. The summed E-state index contributed by atoms with van der Waals surface area (Å²) in [5.41, 5.74) is 0.611. The lowest BCUT2D eigenvalue weighted by atomic mass is 10.1. The van der Waals surface area contributed by atoms with Crippen LogP contribution in [0.2, 0.25) is 0 Å². The number of alkyl halides is 3. The van der Waals surface area contributed by atoms with Crippen molar-refractivity contribution in [1.29, 1.82) is 0 Å². The van der Waals surface area contributed by atoms with Gasteiger partial charge in [-0.15, -0.1) is 0 Å². The van der Waals surface area contributed by atoms with Crippen molar-refractivity contribution in [2.45, 2.75) is 50.7 Å². The molecule has 1 saturated carbocycles. The first kappa shape index (κ1) is 16.6. The number of nitrogens with zero attached hydrogens (tertiary/aromatic N) is 1. The van der Waals surface area contributed by atoms with Crippen LogP contribution in [-0.2, 0) is 11.2 Å². The van der Waals surface area contributed by atoms with E-state index < -0.39 is 12.6 Å². The Bertz CT molecular complexity index is 510. The highest BCUT2D eigenvalue weighted by atomic mass is 19.4. The monoisotopic (exact) mass is 315 g/mol. The summed E-state index contributed by atoms with van der Waals surface area (Å²) in [6.45, 7) is -0.286. The van der Waals surface area contributed by atoms with Crippen molar-refractivity contribution in [3.05, 3.63) is 29.8 Å². The lowest BCUT2D eigenvalue weighted by Gasteiger charge is -2.29. The van der Waals surface area contributed by atoms with E-state index in [1.165, 1.54) is 17.0 Å². The molecule has 0 bridgehead atoms. The number of hydrogen-bond donors (Lipinski definition) is 1. The Kier molecular flexibility index (Phi) is 5.32.